The van der Waals surface area contributed by atoms with Gasteiger partial charge in [0.05, 0.1) is 46.6 Å². The molecule has 2 aliphatic carbocycles. The van der Waals surface area contributed by atoms with Gasteiger partial charge in [-0.1, -0.05) is 0 Å². The van der Waals surface area contributed by atoms with Crippen molar-refractivity contribution in [1.29, 1.82) is 0 Å². The number of piperidine rings is 1. The van der Waals surface area contributed by atoms with Crippen molar-refractivity contribution in [3.63, 3.8) is 0 Å². The number of likely N-dealkylation sites (tertiary alicyclic amines) is 1. The average molecular weight is 598 g/mol. The SMILES string of the molecule is CCOc1cncc(-c2cnc(C(=O)NC(CCN3CCCC4(CC4)C3)c3cc(NS(=O)(=O)C4CC4)ccn3)s2)n1. The lowest BCUT2D eigenvalue weighted by molar-refractivity contribution is 0.0924. The minimum atomic E-state index is -3.42. The predicted octanol–water partition coefficient (Wildman–Crippen LogP) is 4.04. The molecule has 2 saturated carbocycles. The first kappa shape index (κ1) is 28.0. The van der Waals surface area contributed by atoms with Gasteiger partial charge in [-0.3, -0.25) is 19.5 Å². The van der Waals surface area contributed by atoms with Gasteiger partial charge in [-0.15, -0.1) is 11.3 Å². The molecule has 6 rings (SSSR count). The maximum atomic E-state index is 13.4. The van der Waals surface area contributed by atoms with Gasteiger partial charge < -0.3 is 15.0 Å². The van der Waals surface area contributed by atoms with Crippen LogP contribution in [0.2, 0.25) is 0 Å². The molecule has 3 aromatic rings. The van der Waals surface area contributed by atoms with Crippen LogP contribution < -0.4 is 14.8 Å². The second kappa shape index (κ2) is 11.6. The average Bonchev–Trinajstić information content (AvgIpc) is 3.90. The molecule has 1 spiro atoms. The number of aromatic nitrogens is 4. The van der Waals surface area contributed by atoms with Crippen molar-refractivity contribution in [2.24, 2.45) is 5.41 Å². The van der Waals surface area contributed by atoms with E-state index < -0.39 is 16.1 Å². The van der Waals surface area contributed by atoms with Crippen LogP contribution >= 0.6 is 11.3 Å². The van der Waals surface area contributed by atoms with Crippen molar-refractivity contribution >= 4 is 33.0 Å². The van der Waals surface area contributed by atoms with Gasteiger partial charge in [0, 0.05) is 25.5 Å². The van der Waals surface area contributed by atoms with E-state index in [4.69, 9.17) is 4.74 Å². The van der Waals surface area contributed by atoms with Crippen molar-refractivity contribution in [3.8, 4) is 16.5 Å². The number of nitrogens with one attached hydrogen (secondary N) is 2. The van der Waals surface area contributed by atoms with Crippen LogP contribution in [0, 0.1) is 5.41 Å². The summed E-state index contributed by atoms with van der Waals surface area (Å²) in [4.78, 5) is 34.2. The number of carbonyl (C=O) groups is 1. The van der Waals surface area contributed by atoms with Crippen LogP contribution in [0.5, 0.6) is 5.88 Å². The molecule has 1 aliphatic heterocycles. The molecule has 41 heavy (non-hydrogen) atoms. The van der Waals surface area contributed by atoms with Gasteiger partial charge in [-0.2, -0.15) is 0 Å². The largest absolute Gasteiger partial charge is 0.477 e. The number of nitrogens with zero attached hydrogens (tertiary/aromatic N) is 5. The standard InChI is InChI=1S/C28H35N7O4S2/c1-2-39-25-17-29-15-23(32-25)24-16-31-27(40-24)26(36)33-21(7-13-35-12-3-8-28(18-35)9-10-28)22-14-19(6-11-30-22)34-41(37,38)20-4-5-20/h6,11,14-17,20-21H,2-5,7-10,12-13,18H2,1H3,(H,30,34)(H,33,36). The Kier molecular flexibility index (Phi) is 7.92. The molecule has 1 saturated heterocycles. The van der Waals surface area contributed by atoms with Crippen molar-refractivity contribution < 1.29 is 17.9 Å². The van der Waals surface area contributed by atoms with E-state index in [0.29, 0.717) is 64.1 Å². The third kappa shape index (κ3) is 6.84. The van der Waals surface area contributed by atoms with Crippen molar-refractivity contribution in [1.82, 2.24) is 30.2 Å². The van der Waals surface area contributed by atoms with E-state index in [1.54, 1.807) is 36.9 Å². The number of ether oxygens (including phenoxy) is 1. The summed E-state index contributed by atoms with van der Waals surface area (Å²) in [6.45, 7) is 5.32. The van der Waals surface area contributed by atoms with Gasteiger partial charge in [0.15, 0.2) is 5.01 Å². The fourth-order valence-corrected chi connectivity index (χ4v) is 7.57. The molecule has 3 fully saturated rings. The van der Waals surface area contributed by atoms with Crippen LogP contribution in [0.15, 0.2) is 36.9 Å². The van der Waals surface area contributed by atoms with Gasteiger partial charge in [0.1, 0.15) is 5.69 Å². The molecule has 13 heteroatoms. The molecule has 4 heterocycles. The number of sulfonamides is 1. The summed E-state index contributed by atoms with van der Waals surface area (Å²) in [6.07, 6.45) is 13.5. The lowest BCUT2D eigenvalue weighted by Gasteiger charge is -2.33. The second-order valence-corrected chi connectivity index (χ2v) is 14.2. The van der Waals surface area contributed by atoms with E-state index >= 15 is 0 Å². The molecule has 3 aliphatic rings. The van der Waals surface area contributed by atoms with Gasteiger partial charge >= 0.3 is 0 Å². The molecule has 1 atom stereocenters. The zero-order valence-corrected chi connectivity index (χ0v) is 24.7. The first-order valence-corrected chi connectivity index (χ1v) is 16.6. The Balaban J connectivity index is 1.19. The lowest BCUT2D eigenvalue weighted by Crippen LogP contribution is -2.39. The normalized spacial score (nSPS) is 19.0. The van der Waals surface area contributed by atoms with Crippen molar-refractivity contribution in [2.45, 2.75) is 63.2 Å². The molecular weight excluding hydrogens is 562 g/mol. The number of carbonyl (C=O) groups excluding carboxylic acids is 1. The summed E-state index contributed by atoms with van der Waals surface area (Å²) in [5.74, 6) is 0.0988. The summed E-state index contributed by atoms with van der Waals surface area (Å²) in [6, 6.07) is 2.96. The summed E-state index contributed by atoms with van der Waals surface area (Å²) in [5.41, 5.74) is 2.15. The lowest BCUT2D eigenvalue weighted by atomic mass is 9.94. The van der Waals surface area contributed by atoms with E-state index in [2.05, 4.69) is 34.9 Å². The maximum Gasteiger partial charge on any atom is 0.280 e. The highest BCUT2D eigenvalue weighted by atomic mass is 32.2. The van der Waals surface area contributed by atoms with E-state index in [0.717, 1.165) is 19.6 Å². The van der Waals surface area contributed by atoms with Crippen LogP contribution in [0.25, 0.3) is 10.6 Å². The molecular formula is C28H35N7O4S2. The van der Waals surface area contributed by atoms with Gasteiger partial charge in [0.25, 0.3) is 5.91 Å². The fourth-order valence-electron chi connectivity index (χ4n) is 5.42. The number of pyridine rings is 1. The Morgan fingerprint density at radius 1 is 1.22 bits per heavy atom. The smallest absolute Gasteiger partial charge is 0.280 e. The molecule has 0 aromatic carbocycles. The number of thiazole rings is 1. The second-order valence-electron chi connectivity index (χ2n) is 11.2. The number of anilines is 1. The summed E-state index contributed by atoms with van der Waals surface area (Å²) in [7, 11) is -3.42. The molecule has 3 aromatic heterocycles. The highest BCUT2D eigenvalue weighted by Crippen LogP contribution is 2.52. The topological polar surface area (TPSA) is 139 Å². The quantitative estimate of drug-likeness (QED) is 0.317. The van der Waals surface area contributed by atoms with Crippen LogP contribution in [0.3, 0.4) is 0 Å². The first-order valence-electron chi connectivity index (χ1n) is 14.2. The number of amides is 1. The van der Waals surface area contributed by atoms with Gasteiger partial charge in [-0.05, 0) is 76.0 Å². The molecule has 0 bridgehead atoms. The van der Waals surface area contributed by atoms with Gasteiger partial charge in [-0.25, -0.2) is 18.4 Å². The molecule has 11 nitrogen and oxygen atoms in total. The number of rotatable bonds is 12. The molecule has 0 radical (unpaired) electrons. The Bertz CT molecular complexity index is 1500. The Morgan fingerprint density at radius 3 is 2.85 bits per heavy atom. The Hall–Kier alpha value is -3.16. The minimum Gasteiger partial charge on any atom is -0.477 e. The van der Waals surface area contributed by atoms with Gasteiger partial charge in [0.2, 0.25) is 15.9 Å². The molecule has 218 valence electrons. The first-order chi connectivity index (χ1) is 19.8. The van der Waals surface area contributed by atoms with E-state index in [1.165, 1.54) is 37.0 Å². The molecule has 1 unspecified atom stereocenters. The van der Waals surface area contributed by atoms with E-state index in [9.17, 15) is 13.2 Å². The Morgan fingerprint density at radius 2 is 2.07 bits per heavy atom. The fraction of sp³-hybridized carbons (Fsp3) is 0.536. The third-order valence-corrected chi connectivity index (χ3v) is 10.8. The highest BCUT2D eigenvalue weighted by Gasteiger charge is 2.45. The third-order valence-electron chi connectivity index (χ3n) is 7.96. The zero-order chi connectivity index (χ0) is 28.5. The van der Waals surface area contributed by atoms with Crippen molar-refractivity contribution in [2.75, 3.05) is 31.0 Å². The molecule has 1 amide bonds. The van der Waals surface area contributed by atoms with E-state index in [1.807, 2.05) is 6.92 Å². The maximum absolute atomic E-state index is 13.4. The Labute approximate surface area is 244 Å². The summed E-state index contributed by atoms with van der Waals surface area (Å²) in [5, 5.41) is 3.10. The van der Waals surface area contributed by atoms with E-state index in [-0.39, 0.29) is 11.2 Å². The highest BCUT2D eigenvalue weighted by molar-refractivity contribution is 7.93. The van der Waals surface area contributed by atoms with Crippen LogP contribution in [0.4, 0.5) is 5.69 Å². The summed E-state index contributed by atoms with van der Waals surface area (Å²) >= 11 is 1.23. The predicted molar refractivity (Wildman–Crippen MR) is 156 cm³/mol. The zero-order valence-electron chi connectivity index (χ0n) is 23.1. The minimum absolute atomic E-state index is 0.300. The van der Waals surface area contributed by atoms with Crippen LogP contribution in [-0.2, 0) is 10.0 Å². The van der Waals surface area contributed by atoms with Crippen LogP contribution in [-0.4, -0.2) is 70.7 Å². The monoisotopic (exact) mass is 597 g/mol. The van der Waals surface area contributed by atoms with Crippen LogP contribution in [0.1, 0.15) is 73.4 Å². The van der Waals surface area contributed by atoms with Crippen molar-refractivity contribution in [3.05, 3.63) is 47.6 Å². The summed E-state index contributed by atoms with van der Waals surface area (Å²) < 4.78 is 33.2. The molecule has 2 N–H and O–H groups in total. The number of hydrogen-bond donors (Lipinski definition) is 2. The number of hydrogen-bond acceptors (Lipinski definition) is 10.